The number of fused-ring (bicyclic) bond motifs is 1. The van der Waals surface area contributed by atoms with Crippen molar-refractivity contribution in [3.63, 3.8) is 0 Å². The fraction of sp³-hybridized carbons (Fsp3) is 0.360. The first-order chi connectivity index (χ1) is 15.7. The molecule has 4 rings (SSSR count). The van der Waals surface area contributed by atoms with E-state index in [1.807, 2.05) is 24.3 Å². The molecule has 1 aromatic carbocycles. The molecule has 0 bridgehead atoms. The van der Waals surface area contributed by atoms with Crippen LogP contribution in [0.3, 0.4) is 0 Å². The maximum atomic E-state index is 11.9. The molecule has 3 aromatic rings. The Balaban J connectivity index is 1.68. The highest BCUT2D eigenvalue weighted by Gasteiger charge is 2.18. The molecule has 1 fully saturated rings. The molecule has 1 aliphatic carbocycles. The van der Waals surface area contributed by atoms with Gasteiger partial charge in [-0.25, -0.2) is 13.4 Å². The molecule has 2 heterocycles. The van der Waals surface area contributed by atoms with Gasteiger partial charge in [0.1, 0.15) is 11.4 Å². The summed E-state index contributed by atoms with van der Waals surface area (Å²) in [5.74, 6) is 0.899. The molecular formula is C25H29N3O4S. The highest BCUT2D eigenvalue weighted by Crippen LogP contribution is 2.33. The molecule has 0 unspecified atom stereocenters. The molecule has 1 N–H and O–H groups in total. The van der Waals surface area contributed by atoms with Crippen LogP contribution < -0.4 is 4.74 Å². The predicted molar refractivity (Wildman–Crippen MR) is 129 cm³/mol. The summed E-state index contributed by atoms with van der Waals surface area (Å²) < 4.78 is 29.4. The summed E-state index contributed by atoms with van der Waals surface area (Å²) >= 11 is 0. The van der Waals surface area contributed by atoms with Gasteiger partial charge in [0.05, 0.1) is 11.1 Å². The van der Waals surface area contributed by atoms with Gasteiger partial charge in [0, 0.05) is 37.0 Å². The van der Waals surface area contributed by atoms with E-state index in [9.17, 15) is 13.2 Å². The van der Waals surface area contributed by atoms with Crippen LogP contribution in [0.4, 0.5) is 0 Å². The summed E-state index contributed by atoms with van der Waals surface area (Å²) in [5.41, 5.74) is 3.62. The van der Waals surface area contributed by atoms with E-state index < -0.39 is 9.84 Å². The number of sulfone groups is 1. The van der Waals surface area contributed by atoms with Crippen molar-refractivity contribution >= 4 is 32.4 Å². The Morgan fingerprint density at radius 2 is 1.88 bits per heavy atom. The number of aromatic nitrogens is 2. The van der Waals surface area contributed by atoms with E-state index in [0.29, 0.717) is 16.6 Å². The molecule has 33 heavy (non-hydrogen) atoms. The van der Waals surface area contributed by atoms with Crippen molar-refractivity contribution < 1.29 is 17.9 Å². The largest absolute Gasteiger partial charge is 0.482 e. The van der Waals surface area contributed by atoms with Crippen molar-refractivity contribution in [3.8, 4) is 5.75 Å². The van der Waals surface area contributed by atoms with Crippen molar-refractivity contribution in [1.82, 2.24) is 14.9 Å². The third-order valence-corrected chi connectivity index (χ3v) is 7.12. The van der Waals surface area contributed by atoms with E-state index in [4.69, 9.17) is 4.74 Å². The van der Waals surface area contributed by atoms with Gasteiger partial charge < -0.3 is 14.6 Å². The van der Waals surface area contributed by atoms with E-state index in [-0.39, 0.29) is 12.5 Å². The minimum absolute atomic E-state index is 0.0447. The standard InChI is InChI=1S/C25H29N3O4S/c1-28(2)24(29)16-32-20-13-19-14-23(27-25(19)26-15-20)22(12-17-6-4-5-7-17)18-8-10-21(11-9-18)33(3,30)31/h8-15,17H,4-7,16H2,1-3H3,(H,26,27)/b22-12+. The minimum Gasteiger partial charge on any atom is -0.482 e. The number of likely N-dealkylation sites (N-methyl/N-ethyl adjacent to an activating group) is 1. The summed E-state index contributed by atoms with van der Waals surface area (Å²) in [6.45, 7) is -0.0447. The smallest absolute Gasteiger partial charge is 0.259 e. The lowest BCUT2D eigenvalue weighted by Crippen LogP contribution is -2.27. The molecule has 8 heteroatoms. The van der Waals surface area contributed by atoms with Crippen LogP contribution in [-0.2, 0) is 14.6 Å². The van der Waals surface area contributed by atoms with Gasteiger partial charge in [0.15, 0.2) is 16.4 Å². The van der Waals surface area contributed by atoms with Crippen molar-refractivity contribution in [1.29, 1.82) is 0 Å². The lowest BCUT2D eigenvalue weighted by molar-refractivity contribution is -0.130. The summed E-state index contributed by atoms with van der Waals surface area (Å²) in [5, 5.41) is 0.880. The normalized spacial score (nSPS) is 15.2. The second kappa shape index (κ2) is 9.39. The second-order valence-corrected chi connectivity index (χ2v) is 10.8. The summed E-state index contributed by atoms with van der Waals surface area (Å²) in [4.78, 5) is 21.5. The van der Waals surface area contributed by atoms with Gasteiger partial charge in [0.25, 0.3) is 5.91 Å². The van der Waals surface area contributed by atoms with Crippen LogP contribution in [0, 0.1) is 5.92 Å². The number of allylic oxidation sites excluding steroid dienone is 1. The first-order valence-corrected chi connectivity index (χ1v) is 12.9. The monoisotopic (exact) mass is 467 g/mol. The van der Waals surface area contributed by atoms with Crippen LogP contribution in [0.15, 0.2) is 53.6 Å². The molecule has 0 atom stereocenters. The number of carbonyl (C=O) groups excluding carboxylic acids is 1. The van der Waals surface area contributed by atoms with Gasteiger partial charge in [-0.15, -0.1) is 0 Å². The van der Waals surface area contributed by atoms with Gasteiger partial charge in [-0.3, -0.25) is 4.79 Å². The fourth-order valence-electron chi connectivity index (χ4n) is 4.08. The van der Waals surface area contributed by atoms with E-state index in [1.54, 1.807) is 32.4 Å². The Morgan fingerprint density at radius 1 is 1.18 bits per heavy atom. The van der Waals surface area contributed by atoms with Crippen LogP contribution in [0.1, 0.15) is 36.9 Å². The van der Waals surface area contributed by atoms with Crippen molar-refractivity contribution in [2.75, 3.05) is 27.0 Å². The number of hydrogen-bond acceptors (Lipinski definition) is 5. The first-order valence-electron chi connectivity index (χ1n) is 11.0. The van der Waals surface area contributed by atoms with Crippen LogP contribution in [0.2, 0.25) is 0 Å². The molecular weight excluding hydrogens is 438 g/mol. The molecule has 2 aromatic heterocycles. The number of carbonyl (C=O) groups is 1. The number of amides is 1. The van der Waals surface area contributed by atoms with Crippen molar-refractivity contribution in [2.45, 2.75) is 30.6 Å². The SMILES string of the molecule is CN(C)C(=O)COc1cnc2[nH]c(/C(=C/C3CCCC3)c3ccc(S(C)(=O)=O)cc3)cc2c1. The van der Waals surface area contributed by atoms with Gasteiger partial charge in [-0.1, -0.05) is 31.1 Å². The van der Waals surface area contributed by atoms with Crippen molar-refractivity contribution in [3.05, 3.63) is 59.9 Å². The number of pyridine rings is 1. The van der Waals surface area contributed by atoms with Gasteiger partial charge in [-0.05, 0) is 48.6 Å². The van der Waals surface area contributed by atoms with E-state index in [2.05, 4.69) is 16.0 Å². The summed E-state index contributed by atoms with van der Waals surface area (Å²) in [7, 11) is 0.121. The average molecular weight is 468 g/mol. The lowest BCUT2D eigenvalue weighted by Gasteiger charge is -2.11. The average Bonchev–Trinajstić information content (AvgIpc) is 3.44. The maximum absolute atomic E-state index is 11.9. The number of aromatic amines is 1. The first kappa shape index (κ1) is 23.0. The Kier molecular flexibility index (Phi) is 6.56. The van der Waals surface area contributed by atoms with E-state index in [0.717, 1.165) is 40.7 Å². The Morgan fingerprint density at radius 3 is 2.52 bits per heavy atom. The number of ether oxygens (including phenoxy) is 1. The Hall–Kier alpha value is -3.13. The van der Waals surface area contributed by atoms with Crippen LogP contribution in [0.5, 0.6) is 5.75 Å². The highest BCUT2D eigenvalue weighted by molar-refractivity contribution is 7.90. The lowest BCUT2D eigenvalue weighted by atomic mass is 9.96. The Labute approximate surface area is 194 Å². The summed E-state index contributed by atoms with van der Waals surface area (Å²) in [6, 6.07) is 10.9. The number of nitrogens with one attached hydrogen (secondary N) is 1. The van der Waals surface area contributed by atoms with Gasteiger partial charge in [0.2, 0.25) is 0 Å². The van der Waals surface area contributed by atoms with Gasteiger partial charge in [-0.2, -0.15) is 0 Å². The summed E-state index contributed by atoms with van der Waals surface area (Å²) in [6.07, 6.45) is 9.87. The minimum atomic E-state index is -3.25. The number of rotatable bonds is 7. The maximum Gasteiger partial charge on any atom is 0.259 e. The quantitative estimate of drug-likeness (QED) is 0.566. The molecule has 0 saturated heterocycles. The van der Waals surface area contributed by atoms with Crippen LogP contribution >= 0.6 is 0 Å². The van der Waals surface area contributed by atoms with Crippen molar-refractivity contribution in [2.24, 2.45) is 5.92 Å². The fourth-order valence-corrected chi connectivity index (χ4v) is 4.71. The molecule has 1 saturated carbocycles. The molecule has 1 aliphatic rings. The molecule has 0 aliphatic heterocycles. The third-order valence-electron chi connectivity index (χ3n) is 5.99. The number of benzene rings is 1. The van der Waals surface area contributed by atoms with Crippen LogP contribution in [-0.4, -0.2) is 56.2 Å². The van der Waals surface area contributed by atoms with Gasteiger partial charge >= 0.3 is 0 Å². The van der Waals surface area contributed by atoms with E-state index >= 15 is 0 Å². The Bertz CT molecular complexity index is 1280. The molecule has 174 valence electrons. The molecule has 1 amide bonds. The number of H-pyrrole nitrogens is 1. The number of nitrogens with zero attached hydrogens (tertiary/aromatic N) is 2. The van der Waals surface area contributed by atoms with E-state index in [1.165, 1.54) is 24.0 Å². The second-order valence-electron chi connectivity index (χ2n) is 8.79. The zero-order chi connectivity index (χ0) is 23.6. The topological polar surface area (TPSA) is 92.4 Å². The molecule has 0 spiro atoms. The predicted octanol–water partition coefficient (Wildman–Crippen LogP) is 4.06. The zero-order valence-electron chi connectivity index (χ0n) is 19.2. The third kappa shape index (κ3) is 5.45. The van der Waals surface area contributed by atoms with Crippen LogP contribution in [0.25, 0.3) is 16.6 Å². The molecule has 7 nitrogen and oxygen atoms in total. The number of hydrogen-bond donors (Lipinski definition) is 1. The zero-order valence-corrected chi connectivity index (χ0v) is 20.0. The molecule has 0 radical (unpaired) electrons. The highest BCUT2D eigenvalue weighted by atomic mass is 32.2.